The molecule has 13 nitrogen and oxygen atoms in total. The number of rotatable bonds is 8. The lowest BCUT2D eigenvalue weighted by molar-refractivity contribution is -0.383. The number of ether oxygens (including phenoxy) is 2. The summed E-state index contributed by atoms with van der Waals surface area (Å²) in [6, 6.07) is 16.4. The maximum atomic E-state index is 13.7. The van der Waals surface area contributed by atoms with Gasteiger partial charge in [0.2, 0.25) is 0 Å². The van der Waals surface area contributed by atoms with Crippen LogP contribution in [-0.2, 0) is 7.05 Å². The number of methoxy groups -OCH3 is 2. The fraction of sp³-hybridized carbons (Fsp3) is 0.241. The van der Waals surface area contributed by atoms with Gasteiger partial charge >= 0.3 is 0 Å². The van der Waals surface area contributed by atoms with E-state index in [0.717, 1.165) is 0 Å². The van der Waals surface area contributed by atoms with Gasteiger partial charge in [-0.3, -0.25) is 19.7 Å². The van der Waals surface area contributed by atoms with Crippen LogP contribution in [0.3, 0.4) is 0 Å². The van der Waals surface area contributed by atoms with Gasteiger partial charge in [0.05, 0.1) is 29.9 Å². The second kappa shape index (κ2) is 12.4. The Hall–Kier alpha value is -5.17. The Morgan fingerprint density at radius 3 is 2.35 bits per heavy atom. The molecule has 43 heavy (non-hydrogen) atoms. The van der Waals surface area contributed by atoms with Crippen LogP contribution in [0, 0.1) is 10.1 Å². The highest BCUT2D eigenvalue weighted by Crippen LogP contribution is 2.37. The average Bonchev–Trinajstić information content (AvgIpc) is 3.42. The number of aromatic nitrogens is 3. The van der Waals surface area contributed by atoms with Gasteiger partial charge in [-0.2, -0.15) is 0 Å². The summed E-state index contributed by atoms with van der Waals surface area (Å²) in [5, 5.41) is 22.9. The van der Waals surface area contributed by atoms with E-state index < -0.39 is 10.8 Å². The van der Waals surface area contributed by atoms with Crippen molar-refractivity contribution in [2.45, 2.75) is 0 Å². The molecule has 0 aliphatic carbocycles. The van der Waals surface area contributed by atoms with E-state index in [4.69, 9.17) is 21.1 Å². The minimum atomic E-state index is -0.600. The van der Waals surface area contributed by atoms with E-state index >= 15 is 0 Å². The van der Waals surface area contributed by atoms with Crippen LogP contribution < -0.4 is 19.7 Å². The predicted octanol–water partition coefficient (Wildman–Crippen LogP) is 4.28. The number of piperazine rings is 1. The average molecular weight is 606 g/mol. The van der Waals surface area contributed by atoms with Crippen molar-refractivity contribution in [3.05, 3.63) is 87.1 Å². The monoisotopic (exact) mass is 605 g/mol. The number of amides is 2. The molecule has 0 radical (unpaired) electrons. The molecule has 1 N–H and O–H groups in total. The van der Waals surface area contributed by atoms with Crippen molar-refractivity contribution >= 4 is 40.5 Å². The number of halogens is 1. The van der Waals surface area contributed by atoms with E-state index in [2.05, 4.69) is 15.6 Å². The molecule has 4 aromatic rings. The van der Waals surface area contributed by atoms with Crippen LogP contribution in [0.4, 0.5) is 17.1 Å². The molecule has 0 atom stereocenters. The Bertz CT molecular complexity index is 1680. The second-order valence-electron chi connectivity index (χ2n) is 9.65. The fourth-order valence-corrected chi connectivity index (χ4v) is 5.18. The minimum absolute atomic E-state index is 0.00568. The molecule has 2 heterocycles. The molecule has 1 saturated heterocycles. The summed E-state index contributed by atoms with van der Waals surface area (Å²) in [6.07, 6.45) is 0. The number of nitro groups is 1. The normalized spacial score (nSPS) is 13.0. The Morgan fingerprint density at radius 1 is 1.00 bits per heavy atom. The molecule has 1 aliphatic heterocycles. The molecule has 2 amide bonds. The molecule has 5 rings (SSSR count). The molecule has 0 saturated carbocycles. The van der Waals surface area contributed by atoms with Crippen molar-refractivity contribution in [3.63, 3.8) is 0 Å². The van der Waals surface area contributed by atoms with Gasteiger partial charge in [-0.25, -0.2) is 4.68 Å². The van der Waals surface area contributed by atoms with E-state index in [1.807, 2.05) is 23.1 Å². The smallest absolute Gasteiger partial charge is 0.294 e. The van der Waals surface area contributed by atoms with Crippen LogP contribution in [0.15, 0.2) is 60.7 Å². The minimum Gasteiger partial charge on any atom is -0.497 e. The van der Waals surface area contributed by atoms with Crippen molar-refractivity contribution in [1.82, 2.24) is 19.9 Å². The van der Waals surface area contributed by atoms with Crippen LogP contribution in [0.5, 0.6) is 11.5 Å². The number of aryl methyl sites for hydroxylation is 1. The van der Waals surface area contributed by atoms with Crippen molar-refractivity contribution in [1.29, 1.82) is 0 Å². The van der Waals surface area contributed by atoms with E-state index in [9.17, 15) is 19.7 Å². The quantitative estimate of drug-likeness (QED) is 0.230. The topological polar surface area (TPSA) is 145 Å². The second-order valence-corrected chi connectivity index (χ2v) is 10.1. The lowest BCUT2D eigenvalue weighted by atomic mass is 10.1. The Morgan fingerprint density at radius 2 is 1.70 bits per heavy atom. The van der Waals surface area contributed by atoms with Gasteiger partial charge in [0, 0.05) is 50.4 Å². The zero-order valence-corrected chi connectivity index (χ0v) is 24.4. The molecule has 222 valence electrons. The number of hydrogen-bond donors (Lipinski definition) is 1. The van der Waals surface area contributed by atoms with Crippen LogP contribution >= 0.6 is 11.6 Å². The number of hydrogen-bond acceptors (Lipinski definition) is 9. The van der Waals surface area contributed by atoms with Gasteiger partial charge in [-0.1, -0.05) is 28.9 Å². The van der Waals surface area contributed by atoms with Crippen molar-refractivity contribution < 1.29 is 24.0 Å². The molecule has 1 fully saturated rings. The summed E-state index contributed by atoms with van der Waals surface area (Å²) in [4.78, 5) is 41.4. The van der Waals surface area contributed by atoms with Crippen molar-refractivity contribution in [2.75, 3.05) is 50.6 Å². The predicted molar refractivity (Wildman–Crippen MR) is 160 cm³/mol. The molecule has 1 aromatic heterocycles. The number of anilines is 2. The number of nitrogens with one attached hydrogen (secondary N) is 1. The van der Waals surface area contributed by atoms with E-state index in [0.29, 0.717) is 65.9 Å². The number of carbonyl (C=O) groups is 2. The van der Waals surface area contributed by atoms with E-state index in [1.54, 1.807) is 49.4 Å². The van der Waals surface area contributed by atoms with E-state index in [-0.39, 0.29) is 22.3 Å². The van der Waals surface area contributed by atoms with Gasteiger partial charge in [-0.05, 0) is 42.5 Å². The van der Waals surface area contributed by atoms with Crippen molar-refractivity contribution in [2.24, 2.45) is 7.05 Å². The summed E-state index contributed by atoms with van der Waals surface area (Å²) in [5.74, 6) is 0.384. The molecular formula is C29H28ClN7O6. The third-order valence-corrected chi connectivity index (χ3v) is 7.46. The maximum absolute atomic E-state index is 13.7. The first kappa shape index (κ1) is 29.3. The highest BCUT2D eigenvalue weighted by Gasteiger charge is 2.30. The molecule has 0 spiro atoms. The lowest BCUT2D eigenvalue weighted by Crippen LogP contribution is -2.49. The van der Waals surface area contributed by atoms with Crippen LogP contribution in [0.25, 0.3) is 11.3 Å². The summed E-state index contributed by atoms with van der Waals surface area (Å²) in [7, 11) is 4.72. The molecular weight excluding hydrogens is 578 g/mol. The Kier molecular flexibility index (Phi) is 8.44. The number of carbonyl (C=O) groups excluding carboxylic acids is 2. The van der Waals surface area contributed by atoms with Crippen LogP contribution in [0.1, 0.15) is 20.8 Å². The van der Waals surface area contributed by atoms with Gasteiger partial charge in [-0.15, -0.1) is 5.10 Å². The standard InChI is InChI=1S/C29H28ClN7O6/c1-34-27(26(32-33-34)20-6-4-5-7-25(20)43-3)29(39)36-14-12-35(13-15-36)23-17-22(24(37(40)41)16-21(23)30)31-28(38)18-8-10-19(42-2)11-9-18/h4-11,16-17H,12-15H2,1-3H3,(H,31,38). The first-order chi connectivity index (χ1) is 20.7. The first-order valence-electron chi connectivity index (χ1n) is 13.2. The van der Waals surface area contributed by atoms with Gasteiger partial charge < -0.3 is 24.6 Å². The molecule has 14 heteroatoms. The number of nitro benzene ring substituents is 1. The highest BCUT2D eigenvalue weighted by atomic mass is 35.5. The zero-order valence-electron chi connectivity index (χ0n) is 23.6. The third kappa shape index (κ3) is 5.93. The SMILES string of the molecule is COc1ccc(C(=O)Nc2cc(N3CCN(C(=O)c4c(-c5ccccc5OC)nnn4C)CC3)c(Cl)cc2[N+](=O)[O-])cc1. The summed E-state index contributed by atoms with van der Waals surface area (Å²) in [5.41, 5.74) is 1.88. The zero-order chi connectivity index (χ0) is 30.7. The molecule has 1 aliphatic rings. The van der Waals surface area contributed by atoms with Gasteiger partial charge in [0.25, 0.3) is 17.5 Å². The first-order valence-corrected chi connectivity index (χ1v) is 13.6. The highest BCUT2D eigenvalue weighted by molar-refractivity contribution is 6.33. The Labute approximate surface area is 251 Å². The maximum Gasteiger partial charge on any atom is 0.294 e. The van der Waals surface area contributed by atoms with Crippen LogP contribution in [0.2, 0.25) is 5.02 Å². The number of nitrogens with zero attached hydrogens (tertiary/aromatic N) is 6. The third-order valence-electron chi connectivity index (χ3n) is 7.16. The summed E-state index contributed by atoms with van der Waals surface area (Å²) < 4.78 is 12.0. The van der Waals surface area contributed by atoms with E-state index in [1.165, 1.54) is 23.9 Å². The van der Waals surface area contributed by atoms with Gasteiger partial charge in [0.15, 0.2) is 5.69 Å². The largest absolute Gasteiger partial charge is 0.497 e. The molecule has 0 bridgehead atoms. The molecule has 3 aromatic carbocycles. The number of benzene rings is 3. The number of para-hydroxylation sites is 1. The van der Waals surface area contributed by atoms with Crippen LogP contribution in [-0.4, -0.2) is 77.0 Å². The molecule has 0 unspecified atom stereocenters. The lowest BCUT2D eigenvalue weighted by Gasteiger charge is -2.36. The summed E-state index contributed by atoms with van der Waals surface area (Å²) in [6.45, 7) is 1.47. The Balaban J connectivity index is 1.35. The van der Waals surface area contributed by atoms with Gasteiger partial charge in [0.1, 0.15) is 22.9 Å². The summed E-state index contributed by atoms with van der Waals surface area (Å²) >= 11 is 6.50. The fourth-order valence-electron chi connectivity index (χ4n) is 4.90. The van der Waals surface area contributed by atoms with Crippen molar-refractivity contribution in [3.8, 4) is 22.8 Å².